The number of nitrogens with zero attached hydrogens (tertiary/aromatic N) is 1. The highest BCUT2D eigenvalue weighted by Gasteiger charge is 2.39. The van der Waals surface area contributed by atoms with Crippen LogP contribution in [0, 0.1) is 0 Å². The number of hydrogen-bond acceptors (Lipinski definition) is 2. The third-order valence-corrected chi connectivity index (χ3v) is 3.71. The molecule has 2 nitrogen and oxygen atoms in total. The molecule has 5 heteroatoms. The van der Waals surface area contributed by atoms with Crippen molar-refractivity contribution in [2.24, 2.45) is 5.73 Å². The van der Waals surface area contributed by atoms with E-state index in [1.165, 1.54) is 0 Å². The van der Waals surface area contributed by atoms with Crippen molar-refractivity contribution in [1.29, 1.82) is 0 Å². The third kappa shape index (κ3) is 2.77. The lowest BCUT2D eigenvalue weighted by Crippen LogP contribution is -2.59. The lowest BCUT2D eigenvalue weighted by Gasteiger charge is -2.40. The zero-order valence-corrected chi connectivity index (χ0v) is 11.0. The summed E-state index contributed by atoms with van der Waals surface area (Å²) in [5.74, 6) is 0. The van der Waals surface area contributed by atoms with Gasteiger partial charge >= 0.3 is 0 Å². The smallest absolute Gasteiger partial charge is 0.258 e. The molecule has 17 heavy (non-hydrogen) atoms. The standard InChI is InChI=1S/C12H15BrF2N2/c13-9-2-4-10(5-3-9)17-7-1-6-12(16,8-17)11(14)15/h2-5,11H,1,6-8,16H2. The number of piperidine rings is 1. The summed E-state index contributed by atoms with van der Waals surface area (Å²) in [6, 6.07) is 7.65. The van der Waals surface area contributed by atoms with Crippen LogP contribution in [0.4, 0.5) is 14.5 Å². The van der Waals surface area contributed by atoms with Gasteiger partial charge in [-0.05, 0) is 37.1 Å². The van der Waals surface area contributed by atoms with Crippen LogP contribution >= 0.6 is 15.9 Å². The van der Waals surface area contributed by atoms with Crippen molar-refractivity contribution in [2.75, 3.05) is 18.0 Å². The minimum Gasteiger partial charge on any atom is -0.369 e. The SMILES string of the molecule is NC1(C(F)F)CCCN(c2ccc(Br)cc2)C1. The van der Waals surface area contributed by atoms with Gasteiger partial charge in [0.1, 0.15) is 0 Å². The van der Waals surface area contributed by atoms with Crippen molar-refractivity contribution in [1.82, 2.24) is 0 Å². The summed E-state index contributed by atoms with van der Waals surface area (Å²) in [7, 11) is 0. The molecule has 1 saturated heterocycles. The van der Waals surface area contributed by atoms with Crippen LogP contribution in [0.15, 0.2) is 28.7 Å². The molecule has 1 aliphatic rings. The van der Waals surface area contributed by atoms with E-state index in [-0.39, 0.29) is 6.54 Å². The largest absolute Gasteiger partial charge is 0.369 e. The molecule has 2 N–H and O–H groups in total. The van der Waals surface area contributed by atoms with E-state index < -0.39 is 12.0 Å². The molecule has 1 aromatic rings. The van der Waals surface area contributed by atoms with E-state index in [0.717, 1.165) is 16.7 Å². The van der Waals surface area contributed by atoms with Gasteiger partial charge in [0.15, 0.2) is 0 Å². The summed E-state index contributed by atoms with van der Waals surface area (Å²) in [4.78, 5) is 1.93. The average Bonchev–Trinajstić information content (AvgIpc) is 2.30. The second-order valence-electron chi connectivity index (χ2n) is 4.54. The van der Waals surface area contributed by atoms with E-state index in [1.54, 1.807) is 0 Å². The number of halogens is 3. The Labute approximate surface area is 108 Å². The predicted molar refractivity (Wildman–Crippen MR) is 68.5 cm³/mol. The minimum atomic E-state index is -2.47. The van der Waals surface area contributed by atoms with Gasteiger partial charge in [0.25, 0.3) is 6.43 Å². The number of nitrogens with two attached hydrogens (primary N) is 1. The van der Waals surface area contributed by atoms with Gasteiger partial charge in [-0.15, -0.1) is 0 Å². The van der Waals surface area contributed by atoms with Crippen molar-refractivity contribution in [3.05, 3.63) is 28.7 Å². The second kappa shape index (κ2) is 4.90. The summed E-state index contributed by atoms with van der Waals surface area (Å²) in [6.07, 6.45) is -1.38. The van der Waals surface area contributed by atoms with Gasteiger partial charge in [-0.2, -0.15) is 0 Å². The highest BCUT2D eigenvalue weighted by atomic mass is 79.9. The van der Waals surface area contributed by atoms with Gasteiger partial charge in [0.05, 0.1) is 5.54 Å². The number of alkyl halides is 2. The summed E-state index contributed by atoms with van der Waals surface area (Å²) in [5.41, 5.74) is 5.34. The molecule has 0 aromatic heterocycles. The summed E-state index contributed by atoms with van der Waals surface area (Å²) in [6.45, 7) is 1.000. The van der Waals surface area contributed by atoms with Gasteiger partial charge in [0.2, 0.25) is 0 Å². The number of hydrogen-bond donors (Lipinski definition) is 1. The van der Waals surface area contributed by atoms with Gasteiger partial charge in [0, 0.05) is 23.2 Å². The maximum absolute atomic E-state index is 12.9. The Bertz CT molecular complexity index is 383. The first-order valence-corrected chi connectivity index (χ1v) is 6.38. The monoisotopic (exact) mass is 304 g/mol. The van der Waals surface area contributed by atoms with Crippen molar-refractivity contribution in [2.45, 2.75) is 24.8 Å². The summed E-state index contributed by atoms with van der Waals surface area (Å²) in [5, 5.41) is 0. The quantitative estimate of drug-likeness (QED) is 0.910. The molecule has 2 rings (SSSR count). The van der Waals surface area contributed by atoms with Gasteiger partial charge in [-0.3, -0.25) is 0 Å². The highest BCUT2D eigenvalue weighted by molar-refractivity contribution is 9.10. The van der Waals surface area contributed by atoms with Crippen molar-refractivity contribution in [3.63, 3.8) is 0 Å². The highest BCUT2D eigenvalue weighted by Crippen LogP contribution is 2.29. The number of rotatable bonds is 2. The maximum Gasteiger partial charge on any atom is 0.258 e. The minimum absolute atomic E-state index is 0.215. The number of benzene rings is 1. The number of anilines is 1. The third-order valence-electron chi connectivity index (χ3n) is 3.18. The Morgan fingerprint density at radius 3 is 2.53 bits per heavy atom. The predicted octanol–water partition coefficient (Wildman–Crippen LogP) is 3.01. The molecular formula is C12H15BrF2N2. The molecule has 1 heterocycles. The molecular weight excluding hydrogens is 290 g/mol. The fourth-order valence-electron chi connectivity index (χ4n) is 2.16. The summed E-state index contributed by atoms with van der Waals surface area (Å²) < 4.78 is 26.8. The van der Waals surface area contributed by atoms with E-state index in [2.05, 4.69) is 15.9 Å². The Hall–Kier alpha value is -0.680. The van der Waals surface area contributed by atoms with Crippen LogP contribution in [0.1, 0.15) is 12.8 Å². The Kier molecular flexibility index (Phi) is 3.68. The average molecular weight is 305 g/mol. The van der Waals surface area contributed by atoms with Crippen LogP contribution in [0.5, 0.6) is 0 Å². The molecule has 1 atom stereocenters. The van der Waals surface area contributed by atoms with E-state index in [9.17, 15) is 8.78 Å². The van der Waals surface area contributed by atoms with E-state index in [1.807, 2.05) is 29.2 Å². The molecule has 94 valence electrons. The van der Waals surface area contributed by atoms with Gasteiger partial charge in [-0.1, -0.05) is 15.9 Å². The molecule has 0 bridgehead atoms. The normalized spacial score (nSPS) is 25.4. The zero-order valence-electron chi connectivity index (χ0n) is 9.37. The fraction of sp³-hybridized carbons (Fsp3) is 0.500. The lowest BCUT2D eigenvalue weighted by atomic mass is 9.90. The second-order valence-corrected chi connectivity index (χ2v) is 5.45. The topological polar surface area (TPSA) is 29.3 Å². The zero-order chi connectivity index (χ0) is 12.5. The fourth-order valence-corrected chi connectivity index (χ4v) is 2.43. The molecule has 1 unspecified atom stereocenters. The Morgan fingerprint density at radius 1 is 1.29 bits per heavy atom. The lowest BCUT2D eigenvalue weighted by molar-refractivity contribution is 0.0448. The van der Waals surface area contributed by atoms with E-state index >= 15 is 0 Å². The van der Waals surface area contributed by atoms with Crippen LogP contribution < -0.4 is 10.6 Å². The molecule has 0 saturated carbocycles. The molecule has 0 radical (unpaired) electrons. The van der Waals surface area contributed by atoms with Crippen LogP contribution in [0.3, 0.4) is 0 Å². The van der Waals surface area contributed by atoms with Crippen LogP contribution in [0.2, 0.25) is 0 Å². The van der Waals surface area contributed by atoms with Gasteiger partial charge in [-0.25, -0.2) is 8.78 Å². The molecule has 1 fully saturated rings. The molecule has 1 aliphatic heterocycles. The first kappa shape index (κ1) is 12.8. The molecule has 0 spiro atoms. The molecule has 0 aliphatic carbocycles. The van der Waals surface area contributed by atoms with E-state index in [4.69, 9.17) is 5.73 Å². The molecule has 1 aromatic carbocycles. The Morgan fingerprint density at radius 2 is 1.94 bits per heavy atom. The Balaban J connectivity index is 2.15. The van der Waals surface area contributed by atoms with Crippen molar-refractivity contribution >= 4 is 21.6 Å². The first-order valence-electron chi connectivity index (χ1n) is 5.59. The van der Waals surface area contributed by atoms with Crippen LogP contribution in [-0.4, -0.2) is 25.1 Å². The maximum atomic E-state index is 12.9. The molecule has 0 amide bonds. The van der Waals surface area contributed by atoms with Crippen molar-refractivity contribution in [3.8, 4) is 0 Å². The van der Waals surface area contributed by atoms with Crippen LogP contribution in [-0.2, 0) is 0 Å². The van der Waals surface area contributed by atoms with Crippen molar-refractivity contribution < 1.29 is 8.78 Å². The van der Waals surface area contributed by atoms with Crippen LogP contribution in [0.25, 0.3) is 0 Å². The first-order chi connectivity index (χ1) is 8.01. The summed E-state index contributed by atoms with van der Waals surface area (Å²) >= 11 is 3.35. The van der Waals surface area contributed by atoms with E-state index in [0.29, 0.717) is 12.8 Å². The van der Waals surface area contributed by atoms with Gasteiger partial charge < -0.3 is 10.6 Å².